The first-order valence-corrected chi connectivity index (χ1v) is 9.93. The lowest BCUT2D eigenvalue weighted by molar-refractivity contribution is -0.142. The number of hydrogen-bond donors (Lipinski definition) is 2. The molecule has 28 heavy (non-hydrogen) atoms. The van der Waals surface area contributed by atoms with E-state index in [2.05, 4.69) is 29.6 Å². The molecule has 0 spiro atoms. The zero-order valence-electron chi connectivity index (χ0n) is 16.2. The Labute approximate surface area is 165 Å². The van der Waals surface area contributed by atoms with Crippen LogP contribution in [0.15, 0.2) is 48.5 Å². The molecular weight excluding hydrogens is 354 g/mol. The molecule has 1 atom stereocenters. The lowest BCUT2D eigenvalue weighted by atomic mass is 9.98. The Morgan fingerprint density at radius 3 is 2.21 bits per heavy atom. The van der Waals surface area contributed by atoms with Crippen LogP contribution in [0.4, 0.5) is 4.79 Å². The van der Waals surface area contributed by atoms with Crippen molar-refractivity contribution in [1.82, 2.24) is 5.32 Å². The summed E-state index contributed by atoms with van der Waals surface area (Å²) >= 11 is 0. The number of alkyl carbamates (subject to hydrolysis) is 1. The van der Waals surface area contributed by atoms with Crippen LogP contribution >= 0.6 is 0 Å². The molecule has 0 saturated heterocycles. The molecule has 1 unspecified atom stereocenters. The third-order valence-corrected chi connectivity index (χ3v) is 5.33. The van der Waals surface area contributed by atoms with E-state index in [1.165, 1.54) is 22.3 Å². The van der Waals surface area contributed by atoms with Crippen molar-refractivity contribution in [3.63, 3.8) is 0 Å². The van der Waals surface area contributed by atoms with Crippen molar-refractivity contribution in [2.24, 2.45) is 5.92 Å². The molecular formula is C23H27NO4. The number of fused-ring (bicyclic) bond motifs is 3. The molecule has 0 bridgehead atoms. The van der Waals surface area contributed by atoms with Gasteiger partial charge in [0.2, 0.25) is 0 Å². The van der Waals surface area contributed by atoms with Crippen LogP contribution in [-0.4, -0.2) is 30.3 Å². The van der Waals surface area contributed by atoms with Gasteiger partial charge in [-0.3, -0.25) is 4.79 Å². The molecule has 0 aromatic heterocycles. The van der Waals surface area contributed by atoms with Gasteiger partial charge in [0.1, 0.15) is 6.61 Å². The van der Waals surface area contributed by atoms with Crippen molar-refractivity contribution in [2.45, 2.75) is 38.5 Å². The molecule has 2 aromatic carbocycles. The maximum atomic E-state index is 12.1. The van der Waals surface area contributed by atoms with E-state index in [0.29, 0.717) is 25.8 Å². The van der Waals surface area contributed by atoms with Gasteiger partial charge in [0.15, 0.2) is 0 Å². The predicted molar refractivity (Wildman–Crippen MR) is 108 cm³/mol. The maximum Gasteiger partial charge on any atom is 0.407 e. The minimum absolute atomic E-state index is 0.0408. The van der Waals surface area contributed by atoms with Crippen LogP contribution in [0, 0.1) is 5.92 Å². The molecule has 0 saturated carbocycles. The summed E-state index contributed by atoms with van der Waals surface area (Å²) in [4.78, 5) is 23.2. The normalized spacial score (nSPS) is 13.5. The minimum Gasteiger partial charge on any atom is -0.481 e. The lowest BCUT2D eigenvalue weighted by Crippen LogP contribution is -2.27. The molecule has 2 aromatic rings. The van der Waals surface area contributed by atoms with E-state index < -0.39 is 12.1 Å². The summed E-state index contributed by atoms with van der Waals surface area (Å²) < 4.78 is 5.48. The molecule has 1 aliphatic carbocycles. The maximum absolute atomic E-state index is 12.1. The number of amides is 1. The highest BCUT2D eigenvalue weighted by atomic mass is 16.5. The Balaban J connectivity index is 1.49. The average molecular weight is 381 g/mol. The monoisotopic (exact) mass is 381 g/mol. The number of carboxylic acid groups (broad SMARTS) is 1. The second-order valence-electron chi connectivity index (χ2n) is 7.22. The zero-order valence-corrected chi connectivity index (χ0v) is 16.2. The molecule has 5 heteroatoms. The fourth-order valence-corrected chi connectivity index (χ4v) is 3.93. The van der Waals surface area contributed by atoms with Gasteiger partial charge >= 0.3 is 12.1 Å². The van der Waals surface area contributed by atoms with Gasteiger partial charge in [-0.2, -0.15) is 0 Å². The first kappa shape index (κ1) is 19.9. The Kier molecular flexibility index (Phi) is 6.69. The molecule has 0 aliphatic heterocycles. The van der Waals surface area contributed by atoms with E-state index in [-0.39, 0.29) is 18.4 Å². The minimum atomic E-state index is -0.761. The van der Waals surface area contributed by atoms with E-state index in [9.17, 15) is 9.59 Å². The quantitative estimate of drug-likeness (QED) is 0.612. The second kappa shape index (κ2) is 9.40. The SMILES string of the molecule is CCCC(CCCNC(=O)OCC1c2ccccc2-c2ccccc21)C(=O)O. The summed E-state index contributed by atoms with van der Waals surface area (Å²) in [5.74, 6) is -1.06. The van der Waals surface area contributed by atoms with Crippen LogP contribution in [0.2, 0.25) is 0 Å². The van der Waals surface area contributed by atoms with Gasteiger partial charge in [-0.05, 0) is 41.5 Å². The highest BCUT2D eigenvalue weighted by Gasteiger charge is 2.28. The highest BCUT2D eigenvalue weighted by Crippen LogP contribution is 2.44. The second-order valence-corrected chi connectivity index (χ2v) is 7.22. The van der Waals surface area contributed by atoms with Crippen molar-refractivity contribution in [3.8, 4) is 11.1 Å². The van der Waals surface area contributed by atoms with Crippen molar-refractivity contribution in [2.75, 3.05) is 13.2 Å². The summed E-state index contributed by atoms with van der Waals surface area (Å²) in [6.45, 7) is 2.68. The van der Waals surface area contributed by atoms with Crippen LogP contribution in [0.25, 0.3) is 11.1 Å². The fraction of sp³-hybridized carbons (Fsp3) is 0.391. The Hall–Kier alpha value is -2.82. The van der Waals surface area contributed by atoms with Crippen LogP contribution in [0.3, 0.4) is 0 Å². The molecule has 3 rings (SSSR count). The van der Waals surface area contributed by atoms with Crippen molar-refractivity contribution >= 4 is 12.1 Å². The topological polar surface area (TPSA) is 75.6 Å². The van der Waals surface area contributed by atoms with Gasteiger partial charge in [-0.1, -0.05) is 61.9 Å². The van der Waals surface area contributed by atoms with Crippen molar-refractivity contribution in [1.29, 1.82) is 0 Å². The largest absolute Gasteiger partial charge is 0.481 e. The van der Waals surface area contributed by atoms with Crippen LogP contribution in [0.1, 0.15) is 49.7 Å². The Bertz CT molecular complexity index is 787. The molecule has 0 heterocycles. The number of ether oxygens (including phenoxy) is 1. The Morgan fingerprint density at radius 2 is 1.64 bits per heavy atom. The van der Waals surface area contributed by atoms with E-state index in [0.717, 1.165) is 6.42 Å². The third-order valence-electron chi connectivity index (χ3n) is 5.33. The van der Waals surface area contributed by atoms with Crippen molar-refractivity contribution < 1.29 is 19.4 Å². The number of rotatable bonds is 9. The summed E-state index contributed by atoms with van der Waals surface area (Å²) in [5, 5.41) is 11.9. The number of benzene rings is 2. The first-order valence-electron chi connectivity index (χ1n) is 9.93. The van der Waals surface area contributed by atoms with Gasteiger partial charge in [-0.25, -0.2) is 4.79 Å². The first-order chi connectivity index (χ1) is 13.6. The van der Waals surface area contributed by atoms with Crippen molar-refractivity contribution in [3.05, 3.63) is 59.7 Å². The molecule has 0 radical (unpaired) electrons. The van der Waals surface area contributed by atoms with Gasteiger partial charge in [0.05, 0.1) is 5.92 Å². The van der Waals surface area contributed by atoms with E-state index in [1.807, 2.05) is 31.2 Å². The summed E-state index contributed by atoms with van der Waals surface area (Å²) in [7, 11) is 0. The number of carbonyl (C=O) groups excluding carboxylic acids is 1. The van der Waals surface area contributed by atoms with E-state index in [4.69, 9.17) is 9.84 Å². The number of aliphatic carboxylic acids is 1. The lowest BCUT2D eigenvalue weighted by Gasteiger charge is -2.15. The van der Waals surface area contributed by atoms with E-state index >= 15 is 0 Å². The van der Waals surface area contributed by atoms with Gasteiger partial charge < -0.3 is 15.2 Å². The molecule has 2 N–H and O–H groups in total. The highest BCUT2D eigenvalue weighted by molar-refractivity contribution is 5.79. The average Bonchev–Trinajstić information content (AvgIpc) is 3.02. The smallest absolute Gasteiger partial charge is 0.407 e. The standard InChI is InChI=1S/C23H27NO4/c1-2-8-16(22(25)26)9-7-14-24-23(27)28-15-21-19-12-5-3-10-17(19)18-11-4-6-13-20(18)21/h3-6,10-13,16,21H,2,7-9,14-15H2,1H3,(H,24,27)(H,25,26). The molecule has 1 amide bonds. The van der Waals surface area contributed by atoms with Crippen LogP contribution in [0.5, 0.6) is 0 Å². The van der Waals surface area contributed by atoms with Crippen LogP contribution in [-0.2, 0) is 9.53 Å². The summed E-state index contributed by atoms with van der Waals surface area (Å²) in [5.41, 5.74) is 4.76. The number of carboxylic acids is 1. The summed E-state index contributed by atoms with van der Waals surface area (Å²) in [6, 6.07) is 16.4. The van der Waals surface area contributed by atoms with Gasteiger partial charge in [-0.15, -0.1) is 0 Å². The number of carbonyl (C=O) groups is 2. The van der Waals surface area contributed by atoms with Gasteiger partial charge in [0.25, 0.3) is 0 Å². The molecule has 1 aliphatic rings. The fourth-order valence-electron chi connectivity index (χ4n) is 3.93. The molecule has 148 valence electrons. The number of hydrogen-bond acceptors (Lipinski definition) is 3. The molecule has 5 nitrogen and oxygen atoms in total. The third kappa shape index (κ3) is 4.53. The van der Waals surface area contributed by atoms with E-state index in [1.54, 1.807) is 0 Å². The van der Waals surface area contributed by atoms with Gasteiger partial charge in [0, 0.05) is 12.5 Å². The predicted octanol–water partition coefficient (Wildman–Crippen LogP) is 4.81. The summed E-state index contributed by atoms with van der Waals surface area (Å²) in [6.07, 6.45) is 2.25. The van der Waals surface area contributed by atoms with Crippen LogP contribution < -0.4 is 5.32 Å². The Morgan fingerprint density at radius 1 is 1.04 bits per heavy atom. The molecule has 0 fully saturated rings. The number of nitrogens with one attached hydrogen (secondary N) is 1. The zero-order chi connectivity index (χ0) is 19.9.